The zero-order valence-electron chi connectivity index (χ0n) is 11.3. The first kappa shape index (κ1) is 15.5. The van der Waals surface area contributed by atoms with Gasteiger partial charge in [-0.15, -0.1) is 0 Å². The zero-order valence-corrected chi connectivity index (χ0v) is 12.0. The molecule has 1 N–H and O–H groups in total. The van der Waals surface area contributed by atoms with Crippen LogP contribution < -0.4 is 10.9 Å². The third-order valence-corrected chi connectivity index (χ3v) is 2.89. The number of methoxy groups -OCH3 is 1. The van der Waals surface area contributed by atoms with Crippen molar-refractivity contribution in [1.29, 1.82) is 0 Å². The molecule has 19 heavy (non-hydrogen) atoms. The van der Waals surface area contributed by atoms with Gasteiger partial charge in [0.1, 0.15) is 11.6 Å². The van der Waals surface area contributed by atoms with Gasteiger partial charge in [0, 0.05) is 6.54 Å². The molecule has 106 valence electrons. The number of nitrogens with zero attached hydrogens (tertiary/aromatic N) is 2. The molecule has 0 spiro atoms. The fraction of sp³-hybridized carbons (Fsp3) is 0.583. The Balaban J connectivity index is 2.80. The predicted molar refractivity (Wildman–Crippen MR) is 73.5 cm³/mol. The molecule has 0 atom stereocenters. The van der Waals surface area contributed by atoms with E-state index >= 15 is 0 Å². The SMILES string of the molecule is COC(=O)Cn1ncc(NCCC(C)C)c(Cl)c1=O. The Hall–Kier alpha value is -1.56. The lowest BCUT2D eigenvalue weighted by atomic mass is 10.1. The van der Waals surface area contributed by atoms with Crippen molar-refractivity contribution in [2.75, 3.05) is 19.0 Å². The number of carbonyl (C=O) groups excluding carboxylic acids is 1. The molecule has 0 aliphatic carbocycles. The lowest BCUT2D eigenvalue weighted by Crippen LogP contribution is -2.28. The van der Waals surface area contributed by atoms with Crippen molar-refractivity contribution >= 4 is 23.3 Å². The van der Waals surface area contributed by atoms with Gasteiger partial charge < -0.3 is 10.1 Å². The highest BCUT2D eigenvalue weighted by Gasteiger charge is 2.11. The van der Waals surface area contributed by atoms with Gasteiger partial charge in [0.25, 0.3) is 5.56 Å². The largest absolute Gasteiger partial charge is 0.468 e. The Morgan fingerprint density at radius 1 is 1.58 bits per heavy atom. The standard InChI is InChI=1S/C12H18ClN3O3/c1-8(2)4-5-14-9-6-15-16(7-10(17)19-3)12(18)11(9)13/h6,8,14H,4-5,7H2,1-3H3. The summed E-state index contributed by atoms with van der Waals surface area (Å²) in [5, 5.41) is 6.97. The van der Waals surface area contributed by atoms with Crippen LogP contribution in [0.2, 0.25) is 5.02 Å². The van der Waals surface area contributed by atoms with Gasteiger partial charge in [-0.1, -0.05) is 25.4 Å². The van der Waals surface area contributed by atoms with Crippen molar-refractivity contribution in [1.82, 2.24) is 9.78 Å². The number of hydrogen-bond donors (Lipinski definition) is 1. The minimum atomic E-state index is -0.550. The van der Waals surface area contributed by atoms with Crippen LogP contribution in [0.3, 0.4) is 0 Å². The third-order valence-electron chi connectivity index (χ3n) is 2.53. The van der Waals surface area contributed by atoms with Crippen LogP contribution in [-0.2, 0) is 16.1 Å². The summed E-state index contributed by atoms with van der Waals surface area (Å²) < 4.78 is 5.45. The molecule has 0 aromatic carbocycles. The molecule has 0 radical (unpaired) electrons. The maximum atomic E-state index is 11.9. The molecule has 0 amide bonds. The van der Waals surface area contributed by atoms with E-state index in [4.69, 9.17) is 11.6 Å². The maximum absolute atomic E-state index is 11.9. The molecule has 0 aliphatic heterocycles. The second-order valence-corrected chi connectivity index (χ2v) is 4.90. The first-order valence-electron chi connectivity index (χ1n) is 6.02. The Labute approximate surface area is 116 Å². The molecule has 0 fully saturated rings. The van der Waals surface area contributed by atoms with Crippen LogP contribution in [-0.4, -0.2) is 29.4 Å². The van der Waals surface area contributed by atoms with Crippen LogP contribution in [0, 0.1) is 5.92 Å². The lowest BCUT2D eigenvalue weighted by Gasteiger charge is -2.10. The molecule has 1 aromatic rings. The second kappa shape index (κ2) is 7.13. The average molecular weight is 288 g/mol. The summed E-state index contributed by atoms with van der Waals surface area (Å²) in [4.78, 5) is 23.0. The molecular weight excluding hydrogens is 270 g/mol. The number of aromatic nitrogens is 2. The van der Waals surface area contributed by atoms with Crippen LogP contribution >= 0.6 is 11.6 Å². The average Bonchev–Trinajstić information content (AvgIpc) is 2.37. The predicted octanol–water partition coefficient (Wildman–Crippen LogP) is 1.53. The van der Waals surface area contributed by atoms with E-state index in [0.29, 0.717) is 18.2 Å². The van der Waals surface area contributed by atoms with E-state index in [1.54, 1.807) is 0 Å². The summed E-state index contributed by atoms with van der Waals surface area (Å²) in [5.41, 5.74) is -0.0324. The Kier molecular flexibility index (Phi) is 5.82. The normalized spacial score (nSPS) is 10.6. The molecule has 6 nitrogen and oxygen atoms in total. The minimum Gasteiger partial charge on any atom is -0.468 e. The van der Waals surface area contributed by atoms with Crippen LogP contribution in [0.25, 0.3) is 0 Å². The van der Waals surface area contributed by atoms with E-state index in [0.717, 1.165) is 11.1 Å². The summed E-state index contributed by atoms with van der Waals surface area (Å²) in [6.07, 6.45) is 2.40. The van der Waals surface area contributed by atoms with E-state index in [9.17, 15) is 9.59 Å². The van der Waals surface area contributed by atoms with E-state index in [2.05, 4.69) is 29.0 Å². The highest BCUT2D eigenvalue weighted by atomic mass is 35.5. The molecule has 0 unspecified atom stereocenters. The van der Waals surface area contributed by atoms with E-state index < -0.39 is 11.5 Å². The number of ether oxygens (including phenoxy) is 1. The number of hydrogen-bond acceptors (Lipinski definition) is 5. The summed E-state index contributed by atoms with van der Waals surface area (Å²) in [5.74, 6) is 0.00473. The lowest BCUT2D eigenvalue weighted by molar-refractivity contribution is -0.141. The van der Waals surface area contributed by atoms with Crippen molar-refractivity contribution in [2.24, 2.45) is 5.92 Å². The van der Waals surface area contributed by atoms with Gasteiger partial charge >= 0.3 is 5.97 Å². The van der Waals surface area contributed by atoms with Gasteiger partial charge in [-0.25, -0.2) is 4.68 Å². The number of nitrogens with one attached hydrogen (secondary N) is 1. The van der Waals surface area contributed by atoms with Crippen LogP contribution in [0.15, 0.2) is 11.0 Å². The van der Waals surface area contributed by atoms with Gasteiger partial charge in [-0.3, -0.25) is 9.59 Å². The van der Waals surface area contributed by atoms with E-state index in [1.807, 2.05) is 0 Å². The third kappa shape index (κ3) is 4.55. The van der Waals surface area contributed by atoms with Gasteiger partial charge in [0.05, 0.1) is 19.0 Å². The molecule has 7 heteroatoms. The Morgan fingerprint density at radius 2 is 2.26 bits per heavy atom. The summed E-state index contributed by atoms with van der Waals surface area (Å²) in [7, 11) is 1.25. The molecule has 1 rings (SSSR count). The summed E-state index contributed by atoms with van der Waals surface area (Å²) >= 11 is 5.95. The van der Waals surface area contributed by atoms with Crippen molar-refractivity contribution in [2.45, 2.75) is 26.8 Å². The zero-order chi connectivity index (χ0) is 14.4. The Bertz CT molecular complexity index is 499. The first-order chi connectivity index (χ1) is 8.95. The molecule has 0 aliphatic rings. The van der Waals surface area contributed by atoms with Gasteiger partial charge in [-0.2, -0.15) is 5.10 Å². The van der Waals surface area contributed by atoms with Crippen molar-refractivity contribution in [3.05, 3.63) is 21.6 Å². The maximum Gasteiger partial charge on any atom is 0.327 e. The fourth-order valence-electron chi connectivity index (χ4n) is 1.38. The molecule has 0 saturated carbocycles. The first-order valence-corrected chi connectivity index (χ1v) is 6.39. The molecular formula is C12H18ClN3O3. The molecule has 0 bridgehead atoms. The quantitative estimate of drug-likeness (QED) is 0.803. The van der Waals surface area contributed by atoms with Crippen LogP contribution in [0.1, 0.15) is 20.3 Å². The number of anilines is 1. The topological polar surface area (TPSA) is 73.2 Å². The van der Waals surface area contributed by atoms with Crippen molar-refractivity contribution < 1.29 is 9.53 Å². The van der Waals surface area contributed by atoms with Crippen LogP contribution in [0.4, 0.5) is 5.69 Å². The molecule has 0 saturated heterocycles. The molecule has 1 heterocycles. The highest BCUT2D eigenvalue weighted by Crippen LogP contribution is 2.15. The highest BCUT2D eigenvalue weighted by molar-refractivity contribution is 6.32. The minimum absolute atomic E-state index is 0.0302. The van der Waals surface area contributed by atoms with Gasteiger partial charge in [0.15, 0.2) is 0 Å². The van der Waals surface area contributed by atoms with E-state index in [1.165, 1.54) is 13.3 Å². The summed E-state index contributed by atoms with van der Waals surface area (Å²) in [6, 6.07) is 0. The van der Waals surface area contributed by atoms with E-state index in [-0.39, 0.29) is 11.6 Å². The number of esters is 1. The van der Waals surface area contributed by atoms with Crippen molar-refractivity contribution in [3.63, 3.8) is 0 Å². The fourth-order valence-corrected chi connectivity index (χ4v) is 1.60. The Morgan fingerprint density at radius 3 is 2.84 bits per heavy atom. The van der Waals surface area contributed by atoms with Gasteiger partial charge in [-0.05, 0) is 12.3 Å². The molecule has 1 aromatic heterocycles. The smallest absolute Gasteiger partial charge is 0.327 e. The monoisotopic (exact) mass is 287 g/mol. The number of rotatable bonds is 6. The number of carbonyl (C=O) groups is 1. The van der Waals surface area contributed by atoms with Crippen LogP contribution in [0.5, 0.6) is 0 Å². The summed E-state index contributed by atoms with van der Waals surface area (Å²) in [6.45, 7) is 4.67. The second-order valence-electron chi connectivity index (χ2n) is 4.52. The van der Waals surface area contributed by atoms with Crippen molar-refractivity contribution in [3.8, 4) is 0 Å². The van der Waals surface area contributed by atoms with Gasteiger partial charge in [0.2, 0.25) is 0 Å². The number of halogens is 1.